The van der Waals surface area contributed by atoms with Crippen LogP contribution in [0.1, 0.15) is 32.6 Å². The molecule has 0 aromatic carbocycles. The van der Waals surface area contributed by atoms with E-state index in [1.165, 1.54) is 0 Å². The SMILES string of the molecule is CC1(C(=O)O)CC(CC2CCCS(=O)(=O)C2)CN1. The second kappa shape index (κ2) is 4.81. The normalized spacial score (nSPS) is 39.6. The summed E-state index contributed by atoms with van der Waals surface area (Å²) in [6.45, 7) is 2.38. The minimum atomic E-state index is -2.86. The van der Waals surface area contributed by atoms with E-state index in [1.807, 2.05) is 0 Å². The topological polar surface area (TPSA) is 83.5 Å². The molecule has 3 atom stereocenters. The molecule has 2 aliphatic heterocycles. The van der Waals surface area contributed by atoms with Crippen molar-refractivity contribution in [2.75, 3.05) is 18.1 Å². The van der Waals surface area contributed by atoms with Crippen LogP contribution in [0.4, 0.5) is 0 Å². The molecule has 2 rings (SSSR count). The zero-order chi connectivity index (χ0) is 13.4. The molecule has 3 unspecified atom stereocenters. The average Bonchev–Trinajstić information content (AvgIpc) is 2.60. The second-order valence-electron chi connectivity index (χ2n) is 5.95. The summed E-state index contributed by atoms with van der Waals surface area (Å²) in [4.78, 5) is 11.1. The molecule has 5 nitrogen and oxygen atoms in total. The highest BCUT2D eigenvalue weighted by Crippen LogP contribution is 2.32. The minimum Gasteiger partial charge on any atom is -0.480 e. The van der Waals surface area contributed by atoms with Gasteiger partial charge in [-0.15, -0.1) is 0 Å². The quantitative estimate of drug-likeness (QED) is 0.790. The average molecular weight is 275 g/mol. The zero-order valence-electron chi connectivity index (χ0n) is 10.7. The van der Waals surface area contributed by atoms with E-state index in [0.29, 0.717) is 18.7 Å². The van der Waals surface area contributed by atoms with Crippen LogP contribution in [0.3, 0.4) is 0 Å². The molecular formula is C12H21NO4S. The molecular weight excluding hydrogens is 254 g/mol. The first-order valence-corrected chi connectivity index (χ1v) is 8.32. The molecule has 2 aliphatic rings. The summed E-state index contributed by atoms with van der Waals surface area (Å²) in [5.41, 5.74) is -0.835. The van der Waals surface area contributed by atoms with Crippen LogP contribution in [0.5, 0.6) is 0 Å². The highest BCUT2D eigenvalue weighted by Gasteiger charge is 2.41. The summed E-state index contributed by atoms with van der Waals surface area (Å²) in [6, 6.07) is 0. The van der Waals surface area contributed by atoms with Gasteiger partial charge in [-0.3, -0.25) is 4.79 Å². The number of carboxylic acids is 1. The van der Waals surface area contributed by atoms with Crippen LogP contribution in [0.2, 0.25) is 0 Å². The van der Waals surface area contributed by atoms with Gasteiger partial charge in [-0.05, 0) is 51.0 Å². The lowest BCUT2D eigenvalue weighted by Gasteiger charge is -2.24. The predicted molar refractivity (Wildman–Crippen MR) is 68.1 cm³/mol. The molecule has 2 fully saturated rings. The molecule has 104 valence electrons. The minimum absolute atomic E-state index is 0.215. The first kappa shape index (κ1) is 13.8. The van der Waals surface area contributed by atoms with Gasteiger partial charge >= 0.3 is 5.97 Å². The molecule has 18 heavy (non-hydrogen) atoms. The summed E-state index contributed by atoms with van der Waals surface area (Å²) < 4.78 is 23.1. The Hall–Kier alpha value is -0.620. The van der Waals surface area contributed by atoms with E-state index in [1.54, 1.807) is 6.92 Å². The maximum absolute atomic E-state index is 11.6. The van der Waals surface area contributed by atoms with Crippen molar-refractivity contribution in [2.24, 2.45) is 11.8 Å². The fourth-order valence-electron chi connectivity index (χ4n) is 3.20. The third-order valence-corrected chi connectivity index (χ3v) is 6.06. The van der Waals surface area contributed by atoms with E-state index in [2.05, 4.69) is 5.32 Å². The molecule has 2 saturated heterocycles. The van der Waals surface area contributed by atoms with E-state index in [-0.39, 0.29) is 17.6 Å². The number of rotatable bonds is 3. The van der Waals surface area contributed by atoms with Gasteiger partial charge in [-0.2, -0.15) is 0 Å². The van der Waals surface area contributed by atoms with Crippen LogP contribution in [-0.2, 0) is 14.6 Å². The Balaban J connectivity index is 1.90. The molecule has 0 saturated carbocycles. The Morgan fingerprint density at radius 1 is 1.44 bits per heavy atom. The van der Waals surface area contributed by atoms with Crippen LogP contribution in [0, 0.1) is 11.8 Å². The fraction of sp³-hybridized carbons (Fsp3) is 0.917. The number of hydrogen-bond acceptors (Lipinski definition) is 4. The monoisotopic (exact) mass is 275 g/mol. The Bertz CT molecular complexity index is 433. The van der Waals surface area contributed by atoms with E-state index < -0.39 is 21.3 Å². The summed E-state index contributed by atoms with van der Waals surface area (Å²) in [7, 11) is -2.86. The summed E-state index contributed by atoms with van der Waals surface area (Å²) in [6.07, 6.45) is 3.14. The maximum atomic E-state index is 11.6. The third-order valence-electron chi connectivity index (χ3n) is 4.17. The highest BCUT2D eigenvalue weighted by atomic mass is 32.2. The first-order chi connectivity index (χ1) is 8.31. The second-order valence-corrected chi connectivity index (χ2v) is 8.18. The predicted octanol–water partition coefficient (Wildman–Crippen LogP) is 0.654. The van der Waals surface area contributed by atoms with Gasteiger partial charge in [0.2, 0.25) is 0 Å². The molecule has 2 heterocycles. The molecule has 0 aromatic heterocycles. The van der Waals surface area contributed by atoms with E-state index in [4.69, 9.17) is 5.11 Å². The van der Waals surface area contributed by atoms with Crippen LogP contribution in [0.15, 0.2) is 0 Å². The Morgan fingerprint density at radius 2 is 2.17 bits per heavy atom. The molecule has 0 aliphatic carbocycles. The van der Waals surface area contributed by atoms with Crippen molar-refractivity contribution < 1.29 is 18.3 Å². The number of hydrogen-bond donors (Lipinski definition) is 2. The van der Waals surface area contributed by atoms with E-state index >= 15 is 0 Å². The number of aliphatic carboxylic acids is 1. The largest absolute Gasteiger partial charge is 0.480 e. The van der Waals surface area contributed by atoms with Gasteiger partial charge in [0, 0.05) is 0 Å². The highest BCUT2D eigenvalue weighted by molar-refractivity contribution is 7.91. The van der Waals surface area contributed by atoms with Gasteiger partial charge in [0.15, 0.2) is 9.84 Å². The molecule has 0 aromatic rings. The number of sulfone groups is 1. The summed E-state index contributed by atoms with van der Waals surface area (Å²) >= 11 is 0. The van der Waals surface area contributed by atoms with Gasteiger partial charge < -0.3 is 10.4 Å². The van der Waals surface area contributed by atoms with Crippen LogP contribution >= 0.6 is 0 Å². The van der Waals surface area contributed by atoms with Crippen molar-refractivity contribution >= 4 is 15.8 Å². The standard InChI is InChI=1S/C12H21NO4S/c1-12(11(14)15)6-10(7-13-12)5-9-3-2-4-18(16,17)8-9/h9-10,13H,2-8H2,1H3,(H,14,15). The van der Waals surface area contributed by atoms with Crippen LogP contribution in [0.25, 0.3) is 0 Å². The van der Waals surface area contributed by atoms with Crippen molar-refractivity contribution in [3.05, 3.63) is 0 Å². The molecule has 0 bridgehead atoms. The maximum Gasteiger partial charge on any atom is 0.323 e. The molecule has 2 N–H and O–H groups in total. The summed E-state index contributed by atoms with van der Waals surface area (Å²) in [5, 5.41) is 12.2. The molecule has 6 heteroatoms. The lowest BCUT2D eigenvalue weighted by Crippen LogP contribution is -2.44. The Labute approximate surface area is 108 Å². The lowest BCUT2D eigenvalue weighted by molar-refractivity contribution is -0.143. The Kier molecular flexibility index (Phi) is 3.69. The van der Waals surface area contributed by atoms with Gasteiger partial charge in [-0.25, -0.2) is 8.42 Å². The van der Waals surface area contributed by atoms with E-state index in [9.17, 15) is 13.2 Å². The lowest BCUT2D eigenvalue weighted by atomic mass is 9.87. The number of nitrogens with one attached hydrogen (secondary N) is 1. The Morgan fingerprint density at radius 3 is 2.72 bits per heavy atom. The van der Waals surface area contributed by atoms with E-state index in [0.717, 1.165) is 19.3 Å². The number of carbonyl (C=O) groups is 1. The van der Waals surface area contributed by atoms with Crippen molar-refractivity contribution in [1.82, 2.24) is 5.32 Å². The summed E-state index contributed by atoms with van der Waals surface area (Å²) in [5.74, 6) is 0.282. The molecule has 0 amide bonds. The van der Waals surface area contributed by atoms with Gasteiger partial charge in [-0.1, -0.05) is 0 Å². The fourth-order valence-corrected chi connectivity index (χ4v) is 4.99. The van der Waals surface area contributed by atoms with Gasteiger partial charge in [0.25, 0.3) is 0 Å². The van der Waals surface area contributed by atoms with Crippen molar-refractivity contribution in [3.8, 4) is 0 Å². The van der Waals surface area contributed by atoms with Crippen LogP contribution in [-0.4, -0.2) is 43.1 Å². The number of carboxylic acid groups (broad SMARTS) is 1. The first-order valence-electron chi connectivity index (χ1n) is 6.50. The van der Waals surface area contributed by atoms with Crippen molar-refractivity contribution in [2.45, 2.75) is 38.1 Å². The smallest absolute Gasteiger partial charge is 0.323 e. The van der Waals surface area contributed by atoms with Gasteiger partial charge in [0.1, 0.15) is 5.54 Å². The molecule has 0 radical (unpaired) electrons. The zero-order valence-corrected chi connectivity index (χ0v) is 11.5. The van der Waals surface area contributed by atoms with Crippen LogP contribution < -0.4 is 5.32 Å². The molecule has 0 spiro atoms. The van der Waals surface area contributed by atoms with Crippen molar-refractivity contribution in [1.29, 1.82) is 0 Å². The van der Waals surface area contributed by atoms with Crippen molar-refractivity contribution in [3.63, 3.8) is 0 Å². The van der Waals surface area contributed by atoms with Gasteiger partial charge in [0.05, 0.1) is 11.5 Å². The third kappa shape index (κ3) is 3.03.